The van der Waals surface area contributed by atoms with Crippen LogP contribution in [-0.2, 0) is 0 Å². The fourth-order valence-electron chi connectivity index (χ4n) is 8.76. The highest BCUT2D eigenvalue weighted by molar-refractivity contribution is 6.33. The number of rotatable bonds is 9. The fraction of sp³-hybridized carbons (Fsp3) is 0. The molecule has 0 radical (unpaired) electrons. The highest BCUT2D eigenvalue weighted by Crippen LogP contribution is 2.51. The van der Waals surface area contributed by atoms with Crippen LogP contribution in [-0.4, -0.2) is 19.9 Å². The van der Waals surface area contributed by atoms with Crippen LogP contribution in [0.4, 0.5) is 34.6 Å². The van der Waals surface area contributed by atoms with Crippen LogP contribution in [0.2, 0.25) is 0 Å². The Balaban J connectivity index is 1.32. The van der Waals surface area contributed by atoms with Crippen molar-refractivity contribution in [2.75, 3.05) is 9.80 Å². The molecule has 7 aromatic carbocycles. The monoisotopic (exact) mass is 794 g/mol. The smallest absolute Gasteiger partial charge is 0.138 e. The molecule has 0 aliphatic rings. The normalized spacial score (nSPS) is 11.2. The van der Waals surface area contributed by atoms with Gasteiger partial charge in [0.15, 0.2) is 0 Å². The topological polar surface area (TPSA) is 58.0 Å². The molecule has 6 heteroatoms. The summed E-state index contributed by atoms with van der Waals surface area (Å²) >= 11 is 0. The highest BCUT2D eigenvalue weighted by Gasteiger charge is 2.24. The van der Waals surface area contributed by atoms with Crippen LogP contribution in [0, 0.1) is 0 Å². The summed E-state index contributed by atoms with van der Waals surface area (Å²) in [7, 11) is 0. The number of anilines is 6. The van der Waals surface area contributed by atoms with Gasteiger partial charge in [-0.25, -0.2) is 19.9 Å². The van der Waals surface area contributed by atoms with Crippen LogP contribution in [0.3, 0.4) is 0 Å². The van der Waals surface area contributed by atoms with Gasteiger partial charge in [-0.3, -0.25) is 9.80 Å². The SMILES string of the molecule is c1ccc(-c2cc(-c3ccccc3)c3c4ccc(N(c5ccccn5)c5ccccn5)cc4c4cc(N(c5ccccn5)c5ccccn5)ccc4c3c2-c2ccccc2)cc1. The predicted molar refractivity (Wildman–Crippen MR) is 256 cm³/mol. The van der Waals surface area contributed by atoms with Gasteiger partial charge in [0.25, 0.3) is 0 Å². The standard InChI is InChI=1S/C56H38N6/c1-4-18-39(19-5-1)46-38-47(40-20-6-2-7-21-40)55-44-30-28-42(61(50-24-10-14-32-57-50)51-25-11-15-33-58-51)36-48(44)49-37-43(29-31-45(49)56(55)54(46)41-22-8-3-9-23-41)62(52-26-12-16-34-59-52)53-27-13-17-35-60-53/h1-38H. The summed E-state index contributed by atoms with van der Waals surface area (Å²) in [6, 6.07) is 72.3. The van der Waals surface area contributed by atoms with E-state index in [2.05, 4.69) is 143 Å². The van der Waals surface area contributed by atoms with Crippen molar-refractivity contribution in [2.24, 2.45) is 0 Å². The van der Waals surface area contributed by atoms with E-state index in [-0.39, 0.29) is 0 Å². The largest absolute Gasteiger partial charge is 0.279 e. The molecule has 11 aromatic rings. The summed E-state index contributed by atoms with van der Waals surface area (Å²) < 4.78 is 0. The molecular weight excluding hydrogens is 757 g/mol. The first kappa shape index (κ1) is 36.6. The third-order valence-corrected chi connectivity index (χ3v) is 11.4. The van der Waals surface area contributed by atoms with Gasteiger partial charge in [-0.2, -0.15) is 0 Å². The van der Waals surface area contributed by atoms with Crippen molar-refractivity contribution in [3.63, 3.8) is 0 Å². The van der Waals surface area contributed by atoms with Crippen molar-refractivity contribution in [3.05, 3.63) is 231 Å². The van der Waals surface area contributed by atoms with Crippen molar-refractivity contribution in [1.82, 2.24) is 19.9 Å². The van der Waals surface area contributed by atoms with Crippen LogP contribution < -0.4 is 9.80 Å². The van der Waals surface area contributed by atoms with Gasteiger partial charge in [0, 0.05) is 36.2 Å². The van der Waals surface area contributed by atoms with Crippen molar-refractivity contribution >= 4 is 67.0 Å². The average molecular weight is 795 g/mol. The Kier molecular flexibility index (Phi) is 9.41. The zero-order chi connectivity index (χ0) is 41.2. The molecule has 0 amide bonds. The van der Waals surface area contributed by atoms with Gasteiger partial charge >= 0.3 is 0 Å². The number of hydrogen-bond donors (Lipinski definition) is 0. The van der Waals surface area contributed by atoms with Gasteiger partial charge < -0.3 is 0 Å². The number of benzene rings is 7. The Hall–Kier alpha value is -8.48. The molecule has 0 atom stereocenters. The second-order valence-corrected chi connectivity index (χ2v) is 15.1. The molecule has 0 fully saturated rings. The summed E-state index contributed by atoms with van der Waals surface area (Å²) in [6.45, 7) is 0. The zero-order valence-corrected chi connectivity index (χ0v) is 33.6. The van der Waals surface area contributed by atoms with Gasteiger partial charge in [0.1, 0.15) is 23.3 Å². The van der Waals surface area contributed by atoms with Crippen molar-refractivity contribution < 1.29 is 0 Å². The van der Waals surface area contributed by atoms with Crippen molar-refractivity contribution in [3.8, 4) is 33.4 Å². The molecule has 0 unspecified atom stereocenters. The summed E-state index contributed by atoms with van der Waals surface area (Å²) in [6.07, 6.45) is 7.31. The maximum atomic E-state index is 4.84. The first-order valence-corrected chi connectivity index (χ1v) is 20.7. The number of nitrogens with zero attached hydrogens (tertiary/aromatic N) is 6. The minimum atomic E-state index is 0.774. The van der Waals surface area contributed by atoms with Crippen LogP contribution in [0.25, 0.3) is 65.7 Å². The second-order valence-electron chi connectivity index (χ2n) is 15.1. The summed E-state index contributed by atoms with van der Waals surface area (Å²) in [5, 5.41) is 6.82. The van der Waals surface area contributed by atoms with Gasteiger partial charge in [0.05, 0.1) is 0 Å². The molecule has 0 aliphatic carbocycles. The van der Waals surface area contributed by atoms with Crippen molar-refractivity contribution in [2.45, 2.75) is 0 Å². The quantitative estimate of drug-likeness (QED) is 0.136. The van der Waals surface area contributed by atoms with E-state index >= 15 is 0 Å². The van der Waals surface area contributed by atoms with E-state index in [1.807, 2.05) is 97.6 Å². The summed E-state index contributed by atoms with van der Waals surface area (Å²) in [4.78, 5) is 23.6. The Morgan fingerprint density at radius 1 is 0.274 bits per heavy atom. The molecule has 0 N–H and O–H groups in total. The maximum Gasteiger partial charge on any atom is 0.138 e. The molecule has 292 valence electrons. The molecule has 62 heavy (non-hydrogen) atoms. The predicted octanol–water partition coefficient (Wildman–Crippen LogP) is 14.7. The summed E-state index contributed by atoms with van der Waals surface area (Å²) in [5.74, 6) is 3.10. The number of pyridine rings is 4. The Bertz CT molecular complexity index is 3240. The van der Waals surface area contributed by atoms with E-state index in [1.54, 1.807) is 0 Å². The van der Waals surface area contributed by atoms with E-state index in [0.29, 0.717) is 0 Å². The lowest BCUT2D eigenvalue weighted by atomic mass is 9.81. The van der Waals surface area contributed by atoms with Crippen LogP contribution in [0.1, 0.15) is 0 Å². The first-order chi connectivity index (χ1) is 30.8. The van der Waals surface area contributed by atoms with Crippen LogP contribution in [0.15, 0.2) is 231 Å². The van der Waals surface area contributed by atoms with E-state index in [1.165, 1.54) is 21.9 Å². The molecule has 11 rings (SSSR count). The molecule has 6 nitrogen and oxygen atoms in total. The Morgan fingerprint density at radius 3 is 1.05 bits per heavy atom. The maximum absolute atomic E-state index is 4.84. The van der Waals surface area contributed by atoms with Crippen LogP contribution >= 0.6 is 0 Å². The van der Waals surface area contributed by atoms with Gasteiger partial charge in [0.2, 0.25) is 0 Å². The summed E-state index contributed by atoms with van der Waals surface area (Å²) in [5.41, 5.74) is 8.86. The number of hydrogen-bond acceptors (Lipinski definition) is 6. The van der Waals surface area contributed by atoms with E-state index in [4.69, 9.17) is 19.9 Å². The molecular formula is C56H38N6. The van der Waals surface area contributed by atoms with Crippen LogP contribution in [0.5, 0.6) is 0 Å². The minimum Gasteiger partial charge on any atom is -0.279 e. The fourth-order valence-corrected chi connectivity index (χ4v) is 8.76. The highest BCUT2D eigenvalue weighted by atomic mass is 15.2. The number of fused-ring (bicyclic) bond motifs is 6. The van der Waals surface area contributed by atoms with Gasteiger partial charge in [-0.15, -0.1) is 0 Å². The molecule has 0 spiro atoms. The number of aromatic nitrogens is 4. The average Bonchev–Trinajstić information content (AvgIpc) is 3.36. The zero-order valence-electron chi connectivity index (χ0n) is 33.6. The van der Waals surface area contributed by atoms with Crippen molar-refractivity contribution in [1.29, 1.82) is 0 Å². The Labute approximate surface area is 359 Å². The second kappa shape index (κ2) is 15.9. The van der Waals surface area contributed by atoms with Gasteiger partial charge in [-0.1, -0.05) is 127 Å². The molecule has 0 aliphatic heterocycles. The van der Waals surface area contributed by atoms with E-state index < -0.39 is 0 Å². The lowest BCUT2D eigenvalue weighted by Crippen LogP contribution is -2.13. The molecule has 4 aromatic heterocycles. The third kappa shape index (κ3) is 6.57. The van der Waals surface area contributed by atoms with Gasteiger partial charge in [-0.05, 0) is 145 Å². The molecule has 0 bridgehead atoms. The minimum absolute atomic E-state index is 0.774. The first-order valence-electron chi connectivity index (χ1n) is 20.7. The molecule has 0 saturated heterocycles. The lowest BCUT2D eigenvalue weighted by Gasteiger charge is -2.26. The lowest BCUT2D eigenvalue weighted by molar-refractivity contribution is 1.13. The van der Waals surface area contributed by atoms with E-state index in [9.17, 15) is 0 Å². The Morgan fingerprint density at radius 2 is 0.645 bits per heavy atom. The molecule has 4 heterocycles. The molecule has 0 saturated carbocycles. The third-order valence-electron chi connectivity index (χ3n) is 11.4. The van der Waals surface area contributed by atoms with E-state index in [0.717, 1.165) is 78.4 Å².